The lowest BCUT2D eigenvalue weighted by Crippen LogP contribution is -2.23. The van der Waals surface area contributed by atoms with Gasteiger partial charge in [0.2, 0.25) is 0 Å². The molecule has 0 radical (unpaired) electrons. The van der Waals surface area contributed by atoms with Crippen molar-refractivity contribution in [2.24, 2.45) is 0 Å². The highest BCUT2D eigenvalue weighted by molar-refractivity contribution is 14.1. The lowest BCUT2D eigenvalue weighted by atomic mass is 10.2. The van der Waals surface area contributed by atoms with E-state index in [1.54, 1.807) is 24.3 Å². The lowest BCUT2D eigenvalue weighted by molar-refractivity contribution is 0.128. The van der Waals surface area contributed by atoms with E-state index < -0.39 is 7.32 Å². The van der Waals surface area contributed by atoms with Gasteiger partial charge in [-0.15, -0.1) is 0 Å². The van der Waals surface area contributed by atoms with Crippen molar-refractivity contribution in [3.05, 3.63) is 57.2 Å². The van der Waals surface area contributed by atoms with Crippen LogP contribution < -0.4 is 4.74 Å². The molecule has 0 aromatic heterocycles. The van der Waals surface area contributed by atoms with Gasteiger partial charge in [0, 0.05) is 17.8 Å². The minimum Gasteiger partial charge on any atom is -0.457 e. The van der Waals surface area contributed by atoms with Crippen molar-refractivity contribution >= 4 is 29.9 Å². The number of nitriles is 1. The Hall–Kier alpha value is -1.60. The van der Waals surface area contributed by atoms with Gasteiger partial charge in [-0.25, -0.2) is 0 Å². The van der Waals surface area contributed by atoms with Gasteiger partial charge in [-0.1, -0.05) is 0 Å². The molecule has 2 aromatic rings. The molecule has 0 fully saturated rings. The fraction of sp³-hybridized carbons (Fsp3) is 0.188. The third-order valence-electron chi connectivity index (χ3n) is 3.00. The minimum atomic E-state index is -0.700. The fourth-order valence-corrected chi connectivity index (χ4v) is 2.34. The second-order valence-electron chi connectivity index (χ2n) is 4.56. The van der Waals surface area contributed by atoms with Gasteiger partial charge >= 0.3 is 7.32 Å². The Morgan fingerprint density at radius 2 is 1.70 bits per heavy atom. The number of hydrogen-bond acceptors (Lipinski definition) is 5. The maximum Gasteiger partial charge on any atom is 0.639 e. The van der Waals surface area contributed by atoms with Gasteiger partial charge in [-0.3, -0.25) is 0 Å². The van der Waals surface area contributed by atoms with Crippen LogP contribution in [0.3, 0.4) is 0 Å². The van der Waals surface area contributed by atoms with Crippen LogP contribution in [0.4, 0.5) is 0 Å². The summed E-state index contributed by atoms with van der Waals surface area (Å²) in [6.07, 6.45) is 0. The normalized spacial score (nSPS) is 10.2. The molecule has 0 amide bonds. The monoisotopic (exact) mass is 423 g/mol. The molecule has 2 aromatic carbocycles. The van der Waals surface area contributed by atoms with E-state index in [0.717, 1.165) is 9.13 Å². The fourth-order valence-electron chi connectivity index (χ4n) is 1.85. The SMILES string of the molecule is COB(OC)OCc1cc(Oc2ccc(C#N)cc2)ccc1I. The number of halogens is 1. The van der Waals surface area contributed by atoms with Crippen LogP contribution >= 0.6 is 22.6 Å². The molecule has 0 heterocycles. The molecular formula is C16H15BINO4. The summed E-state index contributed by atoms with van der Waals surface area (Å²) >= 11 is 2.24. The Morgan fingerprint density at radius 3 is 2.30 bits per heavy atom. The van der Waals surface area contributed by atoms with E-state index in [-0.39, 0.29) is 0 Å². The number of ether oxygens (including phenoxy) is 1. The van der Waals surface area contributed by atoms with Crippen molar-refractivity contribution in [3.63, 3.8) is 0 Å². The second kappa shape index (κ2) is 8.89. The smallest absolute Gasteiger partial charge is 0.457 e. The summed E-state index contributed by atoms with van der Waals surface area (Å²) in [7, 11) is 2.33. The van der Waals surface area contributed by atoms with E-state index in [1.807, 2.05) is 18.2 Å². The molecule has 0 aliphatic carbocycles. The van der Waals surface area contributed by atoms with Gasteiger partial charge in [-0.2, -0.15) is 5.26 Å². The maximum absolute atomic E-state index is 8.80. The zero-order valence-corrected chi connectivity index (χ0v) is 14.9. The summed E-state index contributed by atoms with van der Waals surface area (Å²) in [5.74, 6) is 1.36. The van der Waals surface area contributed by atoms with E-state index in [0.29, 0.717) is 23.7 Å². The highest BCUT2D eigenvalue weighted by Crippen LogP contribution is 2.25. The number of rotatable bonds is 7. The van der Waals surface area contributed by atoms with Gasteiger partial charge in [0.15, 0.2) is 0 Å². The van der Waals surface area contributed by atoms with Crippen molar-refractivity contribution in [1.29, 1.82) is 5.26 Å². The topological polar surface area (TPSA) is 60.7 Å². The zero-order valence-electron chi connectivity index (χ0n) is 12.8. The standard InChI is InChI=1S/C16H15BINO4/c1-20-17(21-2)22-11-13-9-15(7-8-16(13)18)23-14-5-3-12(10-19)4-6-14/h3-9H,11H2,1-2H3. The molecule has 0 N–H and O–H groups in total. The van der Waals surface area contributed by atoms with E-state index in [4.69, 9.17) is 24.0 Å². The molecule has 0 spiro atoms. The molecule has 0 aliphatic heterocycles. The predicted molar refractivity (Wildman–Crippen MR) is 95.0 cm³/mol. The molecular weight excluding hydrogens is 408 g/mol. The molecule has 0 unspecified atom stereocenters. The van der Waals surface area contributed by atoms with Crippen LogP contribution in [0.1, 0.15) is 11.1 Å². The van der Waals surface area contributed by atoms with E-state index >= 15 is 0 Å². The van der Waals surface area contributed by atoms with Crippen molar-refractivity contribution < 1.29 is 18.7 Å². The van der Waals surface area contributed by atoms with Crippen LogP contribution in [0.25, 0.3) is 0 Å². The second-order valence-corrected chi connectivity index (χ2v) is 5.72. The van der Waals surface area contributed by atoms with Crippen LogP contribution in [-0.4, -0.2) is 21.5 Å². The summed E-state index contributed by atoms with van der Waals surface area (Å²) < 4.78 is 22.4. The lowest BCUT2D eigenvalue weighted by Gasteiger charge is -2.12. The third kappa shape index (κ3) is 5.22. The molecule has 0 atom stereocenters. The first kappa shape index (κ1) is 17.8. The number of hydrogen-bond donors (Lipinski definition) is 0. The summed E-state index contributed by atoms with van der Waals surface area (Å²) in [6.45, 7) is 0.342. The molecule has 0 aliphatic rings. The Kier molecular flexibility index (Phi) is 6.86. The van der Waals surface area contributed by atoms with Gasteiger partial charge in [0.1, 0.15) is 11.5 Å². The largest absolute Gasteiger partial charge is 0.639 e. The molecule has 5 nitrogen and oxygen atoms in total. The average Bonchev–Trinajstić information content (AvgIpc) is 2.59. The van der Waals surface area contributed by atoms with Gasteiger partial charge < -0.3 is 18.7 Å². The van der Waals surface area contributed by atoms with Crippen LogP contribution in [0.2, 0.25) is 0 Å². The summed E-state index contributed by atoms with van der Waals surface area (Å²) in [4.78, 5) is 0. The summed E-state index contributed by atoms with van der Waals surface area (Å²) in [6, 6.07) is 14.8. The first-order valence-electron chi connectivity index (χ1n) is 6.80. The van der Waals surface area contributed by atoms with E-state index in [9.17, 15) is 0 Å². The first-order chi connectivity index (χ1) is 11.2. The highest BCUT2D eigenvalue weighted by Gasteiger charge is 2.17. The Labute approximate surface area is 149 Å². The zero-order chi connectivity index (χ0) is 16.7. The van der Waals surface area contributed by atoms with E-state index in [2.05, 4.69) is 28.7 Å². The molecule has 118 valence electrons. The van der Waals surface area contributed by atoms with E-state index in [1.165, 1.54) is 14.2 Å². The number of benzene rings is 2. The summed E-state index contributed by atoms with van der Waals surface area (Å²) in [5, 5.41) is 8.80. The Morgan fingerprint density at radius 1 is 1.04 bits per heavy atom. The van der Waals surface area contributed by atoms with Gasteiger partial charge in [0.05, 0.1) is 18.2 Å². The van der Waals surface area contributed by atoms with Crippen LogP contribution in [-0.2, 0) is 20.6 Å². The van der Waals surface area contributed by atoms with Crippen molar-refractivity contribution in [2.75, 3.05) is 14.2 Å². The Balaban J connectivity index is 2.08. The van der Waals surface area contributed by atoms with Crippen LogP contribution in [0, 0.1) is 14.9 Å². The molecule has 0 saturated heterocycles. The van der Waals surface area contributed by atoms with Gasteiger partial charge in [0.25, 0.3) is 0 Å². The van der Waals surface area contributed by atoms with Crippen molar-refractivity contribution in [1.82, 2.24) is 0 Å². The highest BCUT2D eigenvalue weighted by atomic mass is 127. The minimum absolute atomic E-state index is 0.342. The molecule has 0 saturated carbocycles. The third-order valence-corrected chi connectivity index (χ3v) is 4.05. The predicted octanol–water partition coefficient (Wildman–Crippen LogP) is 3.75. The quantitative estimate of drug-likeness (QED) is 0.502. The van der Waals surface area contributed by atoms with Crippen molar-refractivity contribution in [2.45, 2.75) is 6.61 Å². The average molecular weight is 423 g/mol. The van der Waals surface area contributed by atoms with Crippen LogP contribution in [0.5, 0.6) is 11.5 Å². The van der Waals surface area contributed by atoms with Crippen molar-refractivity contribution in [3.8, 4) is 17.6 Å². The molecule has 7 heteroatoms. The maximum atomic E-state index is 8.80. The Bertz CT molecular complexity index is 683. The van der Waals surface area contributed by atoms with Gasteiger partial charge in [-0.05, 0) is 70.6 Å². The number of nitrogens with zero attached hydrogens (tertiary/aromatic N) is 1. The summed E-state index contributed by atoms with van der Waals surface area (Å²) in [5.41, 5.74) is 1.56. The molecule has 23 heavy (non-hydrogen) atoms. The molecule has 0 bridgehead atoms. The van der Waals surface area contributed by atoms with Crippen LogP contribution in [0.15, 0.2) is 42.5 Å². The molecule has 2 rings (SSSR count). The first-order valence-corrected chi connectivity index (χ1v) is 7.87.